The van der Waals surface area contributed by atoms with Gasteiger partial charge in [-0.1, -0.05) is 17.3 Å². The Morgan fingerprint density at radius 3 is 2.69 bits per heavy atom. The van der Waals surface area contributed by atoms with Crippen molar-refractivity contribution < 1.29 is 13.3 Å². The Kier molecular flexibility index (Phi) is 2.60. The van der Waals surface area contributed by atoms with Gasteiger partial charge in [-0.25, -0.2) is 8.78 Å². The Morgan fingerprint density at radius 2 is 2.12 bits per heavy atom. The van der Waals surface area contributed by atoms with Crippen LogP contribution in [0.15, 0.2) is 28.9 Å². The number of nitrogen functional groups attached to an aromatic ring is 1. The number of hydrogen-bond acceptors (Lipinski definition) is 3. The Labute approximate surface area is 90.9 Å². The molecule has 0 radical (unpaired) electrons. The summed E-state index contributed by atoms with van der Waals surface area (Å²) >= 11 is 0. The molecular weight excluding hydrogens is 214 g/mol. The second kappa shape index (κ2) is 3.92. The molecule has 0 amide bonds. The van der Waals surface area contributed by atoms with Gasteiger partial charge in [-0.3, -0.25) is 0 Å². The van der Waals surface area contributed by atoms with Crippen LogP contribution in [-0.2, 0) is 0 Å². The van der Waals surface area contributed by atoms with E-state index in [1.807, 2.05) is 0 Å². The van der Waals surface area contributed by atoms with Crippen molar-refractivity contribution >= 4 is 5.88 Å². The molecule has 0 saturated carbocycles. The summed E-state index contributed by atoms with van der Waals surface area (Å²) in [6.45, 7) is 1.64. The van der Waals surface area contributed by atoms with E-state index in [1.54, 1.807) is 19.1 Å². The van der Waals surface area contributed by atoms with Gasteiger partial charge in [0, 0.05) is 5.56 Å². The van der Waals surface area contributed by atoms with Gasteiger partial charge in [0.25, 0.3) is 6.43 Å². The molecule has 1 aromatic heterocycles. The van der Waals surface area contributed by atoms with Crippen molar-refractivity contribution in [2.45, 2.75) is 13.3 Å². The lowest BCUT2D eigenvalue weighted by atomic mass is 10.0. The van der Waals surface area contributed by atoms with Crippen molar-refractivity contribution in [3.8, 4) is 11.1 Å². The molecule has 5 heteroatoms. The number of benzene rings is 1. The van der Waals surface area contributed by atoms with E-state index in [1.165, 1.54) is 12.3 Å². The van der Waals surface area contributed by atoms with E-state index in [4.69, 9.17) is 5.73 Å². The second-order valence-electron chi connectivity index (χ2n) is 3.48. The summed E-state index contributed by atoms with van der Waals surface area (Å²) in [7, 11) is 0. The number of aromatic nitrogens is 1. The van der Waals surface area contributed by atoms with Crippen LogP contribution in [0.25, 0.3) is 11.1 Å². The highest BCUT2D eigenvalue weighted by Crippen LogP contribution is 2.30. The summed E-state index contributed by atoms with van der Waals surface area (Å²) in [5, 5.41) is 3.51. The Balaban J connectivity index is 2.52. The highest BCUT2D eigenvalue weighted by molar-refractivity contribution is 5.72. The highest BCUT2D eigenvalue weighted by Gasteiger charge is 2.14. The molecule has 0 aliphatic carbocycles. The summed E-state index contributed by atoms with van der Waals surface area (Å²) in [6.07, 6.45) is -1.09. The van der Waals surface area contributed by atoms with Crippen molar-refractivity contribution in [1.29, 1.82) is 0 Å². The van der Waals surface area contributed by atoms with Gasteiger partial charge in [0.2, 0.25) is 5.88 Å². The number of hydrogen-bond donors (Lipinski definition) is 1. The Bertz CT molecular complexity index is 508. The maximum Gasteiger partial charge on any atom is 0.264 e. The van der Waals surface area contributed by atoms with Gasteiger partial charge in [-0.2, -0.15) is 0 Å². The normalized spacial score (nSPS) is 11.0. The van der Waals surface area contributed by atoms with E-state index in [0.717, 1.165) is 0 Å². The van der Waals surface area contributed by atoms with E-state index in [2.05, 4.69) is 9.68 Å². The minimum Gasteiger partial charge on any atom is -0.367 e. The number of nitrogens with two attached hydrogens (primary N) is 1. The maximum atomic E-state index is 12.7. The lowest BCUT2D eigenvalue weighted by Gasteiger charge is -2.06. The van der Waals surface area contributed by atoms with Crippen molar-refractivity contribution in [3.05, 3.63) is 35.5 Å². The number of aryl methyl sites for hydroxylation is 1. The third-order valence-corrected chi connectivity index (χ3v) is 2.42. The maximum absolute atomic E-state index is 12.7. The zero-order valence-electron chi connectivity index (χ0n) is 8.58. The van der Waals surface area contributed by atoms with E-state index in [9.17, 15) is 8.78 Å². The fraction of sp³-hybridized carbons (Fsp3) is 0.182. The van der Waals surface area contributed by atoms with Gasteiger partial charge in [-0.15, -0.1) is 0 Å². The fourth-order valence-electron chi connectivity index (χ4n) is 1.51. The minimum absolute atomic E-state index is 0.00176. The molecule has 0 aliphatic rings. The first kappa shape index (κ1) is 10.6. The summed E-state index contributed by atoms with van der Waals surface area (Å²) in [4.78, 5) is 0. The third-order valence-electron chi connectivity index (χ3n) is 2.42. The number of nitrogens with zero attached hydrogens (tertiary/aromatic N) is 1. The average molecular weight is 224 g/mol. The van der Waals surface area contributed by atoms with Gasteiger partial charge in [0.15, 0.2) is 0 Å². The van der Waals surface area contributed by atoms with E-state index in [0.29, 0.717) is 16.7 Å². The van der Waals surface area contributed by atoms with Crippen LogP contribution in [0.2, 0.25) is 0 Å². The SMILES string of the molecule is Cc1ccc(-c2cnoc2N)cc1C(F)F. The number of halogens is 2. The quantitative estimate of drug-likeness (QED) is 0.852. The van der Waals surface area contributed by atoms with Crippen LogP contribution in [-0.4, -0.2) is 5.16 Å². The molecule has 2 rings (SSSR count). The minimum atomic E-state index is -2.50. The van der Waals surface area contributed by atoms with Crippen molar-refractivity contribution in [2.75, 3.05) is 5.73 Å². The van der Waals surface area contributed by atoms with Crippen LogP contribution >= 0.6 is 0 Å². The van der Waals surface area contributed by atoms with Crippen LogP contribution in [0.5, 0.6) is 0 Å². The van der Waals surface area contributed by atoms with Gasteiger partial charge in [-0.05, 0) is 24.1 Å². The summed E-state index contributed by atoms with van der Waals surface area (Å²) in [6, 6.07) is 4.75. The molecule has 0 fully saturated rings. The molecule has 0 bridgehead atoms. The van der Waals surface area contributed by atoms with E-state index in [-0.39, 0.29) is 11.4 Å². The Morgan fingerprint density at radius 1 is 1.38 bits per heavy atom. The standard InChI is InChI=1S/C11H10F2N2O/c1-6-2-3-7(4-8(6)10(12)13)9-5-15-16-11(9)14/h2-5,10H,14H2,1H3. The molecule has 16 heavy (non-hydrogen) atoms. The second-order valence-corrected chi connectivity index (χ2v) is 3.48. The molecule has 0 saturated heterocycles. The summed E-state index contributed by atoms with van der Waals surface area (Å²) in [5.74, 6) is 0.129. The van der Waals surface area contributed by atoms with Crippen molar-refractivity contribution in [3.63, 3.8) is 0 Å². The molecular formula is C11H10F2N2O. The molecule has 0 unspecified atom stereocenters. The van der Waals surface area contributed by atoms with Gasteiger partial charge in [0.05, 0.1) is 11.8 Å². The van der Waals surface area contributed by atoms with Crippen LogP contribution in [0.3, 0.4) is 0 Å². The van der Waals surface area contributed by atoms with Crippen LogP contribution in [0.1, 0.15) is 17.6 Å². The van der Waals surface area contributed by atoms with Gasteiger partial charge < -0.3 is 10.3 Å². The highest BCUT2D eigenvalue weighted by atomic mass is 19.3. The largest absolute Gasteiger partial charge is 0.367 e. The topological polar surface area (TPSA) is 52.0 Å². The first-order chi connectivity index (χ1) is 7.59. The Hall–Kier alpha value is -1.91. The molecule has 2 aromatic rings. The lowest BCUT2D eigenvalue weighted by molar-refractivity contribution is 0.150. The number of alkyl halides is 2. The first-order valence-electron chi connectivity index (χ1n) is 4.69. The zero-order valence-corrected chi connectivity index (χ0v) is 8.58. The van der Waals surface area contributed by atoms with Crippen LogP contribution < -0.4 is 5.73 Å². The van der Waals surface area contributed by atoms with E-state index < -0.39 is 6.43 Å². The van der Waals surface area contributed by atoms with Crippen molar-refractivity contribution in [1.82, 2.24) is 5.16 Å². The predicted molar refractivity (Wildman–Crippen MR) is 56.0 cm³/mol. The van der Waals surface area contributed by atoms with Crippen LogP contribution in [0.4, 0.5) is 14.7 Å². The predicted octanol–water partition coefficient (Wildman–Crippen LogP) is 3.17. The van der Waals surface area contributed by atoms with Gasteiger partial charge in [0.1, 0.15) is 0 Å². The third kappa shape index (κ3) is 1.76. The van der Waals surface area contributed by atoms with E-state index >= 15 is 0 Å². The molecule has 0 aliphatic heterocycles. The molecule has 3 nitrogen and oxygen atoms in total. The zero-order chi connectivity index (χ0) is 11.7. The molecule has 1 heterocycles. The van der Waals surface area contributed by atoms with Crippen LogP contribution in [0, 0.1) is 6.92 Å². The number of anilines is 1. The smallest absolute Gasteiger partial charge is 0.264 e. The summed E-state index contributed by atoms with van der Waals surface area (Å²) in [5.41, 5.74) is 7.18. The average Bonchev–Trinajstić information content (AvgIpc) is 2.65. The lowest BCUT2D eigenvalue weighted by Crippen LogP contribution is -1.91. The van der Waals surface area contributed by atoms with Crippen molar-refractivity contribution in [2.24, 2.45) is 0 Å². The fourth-order valence-corrected chi connectivity index (χ4v) is 1.51. The molecule has 2 N–H and O–H groups in total. The molecule has 0 atom stereocenters. The van der Waals surface area contributed by atoms with Gasteiger partial charge >= 0.3 is 0 Å². The first-order valence-corrected chi connectivity index (χ1v) is 4.69. The monoisotopic (exact) mass is 224 g/mol. The molecule has 84 valence electrons. The number of rotatable bonds is 2. The summed E-state index contributed by atoms with van der Waals surface area (Å²) < 4.78 is 30.0. The molecule has 1 aromatic carbocycles. The molecule has 0 spiro atoms.